The monoisotopic (exact) mass is 402 g/mol. The topological polar surface area (TPSA) is 66.5 Å². The zero-order valence-corrected chi connectivity index (χ0v) is 16.9. The molecule has 5 nitrogen and oxygen atoms in total. The SMILES string of the molecule is CC1C2CN(C(=O)C=Cc3cccs3)CC12c1cccc(NS(C)(=O)=O)c1. The lowest BCUT2D eigenvalue weighted by atomic mass is 9.92. The molecular formula is C20H22N2O3S2. The minimum absolute atomic E-state index is 0.0348. The van der Waals surface area contributed by atoms with Gasteiger partial charge in [-0.15, -0.1) is 11.3 Å². The molecule has 4 rings (SSSR count). The van der Waals surface area contributed by atoms with Gasteiger partial charge in [-0.2, -0.15) is 0 Å². The summed E-state index contributed by atoms with van der Waals surface area (Å²) in [5.41, 5.74) is 1.61. The number of fused-ring (bicyclic) bond motifs is 1. The lowest BCUT2D eigenvalue weighted by Gasteiger charge is -2.22. The highest BCUT2D eigenvalue weighted by Gasteiger charge is 2.67. The van der Waals surface area contributed by atoms with Crippen molar-refractivity contribution in [3.8, 4) is 0 Å². The van der Waals surface area contributed by atoms with Crippen LogP contribution in [0.5, 0.6) is 0 Å². The predicted molar refractivity (Wildman–Crippen MR) is 109 cm³/mol. The van der Waals surface area contributed by atoms with Crippen LogP contribution in [0.15, 0.2) is 47.9 Å². The molecule has 1 aliphatic heterocycles. The second-order valence-corrected chi connectivity index (χ2v) is 10.2. The molecule has 1 amide bonds. The first kappa shape index (κ1) is 18.3. The van der Waals surface area contributed by atoms with E-state index in [-0.39, 0.29) is 11.3 Å². The summed E-state index contributed by atoms with van der Waals surface area (Å²) in [6, 6.07) is 11.5. The summed E-state index contributed by atoms with van der Waals surface area (Å²) in [5.74, 6) is 0.939. The maximum absolute atomic E-state index is 12.6. The number of amides is 1. The summed E-state index contributed by atoms with van der Waals surface area (Å²) in [5, 5.41) is 1.99. The number of nitrogens with one attached hydrogen (secondary N) is 1. The molecule has 2 aromatic rings. The average Bonchev–Trinajstić information content (AvgIpc) is 3.06. The van der Waals surface area contributed by atoms with E-state index in [1.807, 2.05) is 46.7 Å². The molecule has 2 aliphatic rings. The van der Waals surface area contributed by atoms with Crippen molar-refractivity contribution in [2.45, 2.75) is 12.3 Å². The third-order valence-corrected chi connectivity index (χ3v) is 7.23. The van der Waals surface area contributed by atoms with Gasteiger partial charge in [0.1, 0.15) is 0 Å². The molecule has 3 unspecified atom stereocenters. The number of carbonyl (C=O) groups excluding carboxylic acids is 1. The molecular weight excluding hydrogens is 380 g/mol. The maximum atomic E-state index is 12.6. The van der Waals surface area contributed by atoms with Crippen molar-refractivity contribution in [3.63, 3.8) is 0 Å². The van der Waals surface area contributed by atoms with Crippen LogP contribution in [-0.2, 0) is 20.2 Å². The Labute approximate surface area is 163 Å². The molecule has 27 heavy (non-hydrogen) atoms. The van der Waals surface area contributed by atoms with Gasteiger partial charge in [-0.3, -0.25) is 9.52 Å². The van der Waals surface area contributed by atoms with Crippen molar-refractivity contribution in [2.24, 2.45) is 11.8 Å². The van der Waals surface area contributed by atoms with Gasteiger partial charge in [-0.25, -0.2) is 8.42 Å². The fourth-order valence-corrected chi connectivity index (χ4v) is 5.57. The van der Waals surface area contributed by atoms with Crippen LogP contribution in [-0.4, -0.2) is 38.6 Å². The maximum Gasteiger partial charge on any atom is 0.246 e. The van der Waals surface area contributed by atoms with Crippen molar-refractivity contribution in [2.75, 3.05) is 24.1 Å². The molecule has 1 saturated heterocycles. The van der Waals surface area contributed by atoms with E-state index in [1.54, 1.807) is 23.5 Å². The Morgan fingerprint density at radius 2 is 2.15 bits per heavy atom. The summed E-state index contributed by atoms with van der Waals surface area (Å²) in [7, 11) is -3.31. The molecule has 1 saturated carbocycles. The Morgan fingerprint density at radius 1 is 1.33 bits per heavy atom. The molecule has 2 heterocycles. The number of thiophene rings is 1. The number of hydrogen-bond acceptors (Lipinski definition) is 4. The molecule has 1 aliphatic carbocycles. The van der Waals surface area contributed by atoms with E-state index < -0.39 is 10.0 Å². The second kappa shape index (κ2) is 6.49. The second-order valence-electron chi connectivity index (χ2n) is 7.46. The molecule has 1 aromatic heterocycles. The van der Waals surface area contributed by atoms with Crippen LogP contribution in [0.4, 0.5) is 5.69 Å². The summed E-state index contributed by atoms with van der Waals surface area (Å²) in [4.78, 5) is 15.6. The number of nitrogens with zero attached hydrogens (tertiary/aromatic N) is 1. The van der Waals surface area contributed by atoms with Crippen LogP contribution in [0.1, 0.15) is 17.4 Å². The molecule has 3 atom stereocenters. The summed E-state index contributed by atoms with van der Waals surface area (Å²) < 4.78 is 25.6. The lowest BCUT2D eigenvalue weighted by Crippen LogP contribution is -2.33. The predicted octanol–water partition coefficient (Wildman–Crippen LogP) is 3.18. The molecule has 7 heteroatoms. The van der Waals surface area contributed by atoms with Crippen molar-refractivity contribution in [1.29, 1.82) is 0 Å². The Morgan fingerprint density at radius 3 is 2.85 bits per heavy atom. The number of benzene rings is 1. The molecule has 142 valence electrons. The minimum Gasteiger partial charge on any atom is -0.338 e. The zero-order chi connectivity index (χ0) is 19.2. The van der Waals surface area contributed by atoms with Gasteiger partial charge in [0, 0.05) is 35.1 Å². The third-order valence-electron chi connectivity index (χ3n) is 5.79. The average molecular weight is 403 g/mol. The van der Waals surface area contributed by atoms with Crippen molar-refractivity contribution < 1.29 is 13.2 Å². The summed E-state index contributed by atoms with van der Waals surface area (Å²) >= 11 is 1.61. The number of rotatable bonds is 5. The highest BCUT2D eigenvalue weighted by Crippen LogP contribution is 2.64. The van der Waals surface area contributed by atoms with Gasteiger partial charge in [0.05, 0.1) is 6.26 Å². The summed E-state index contributed by atoms with van der Waals surface area (Å²) in [6.07, 6.45) is 4.66. The number of piperidine rings is 1. The quantitative estimate of drug-likeness (QED) is 0.781. The highest BCUT2D eigenvalue weighted by atomic mass is 32.2. The smallest absolute Gasteiger partial charge is 0.246 e. The number of sulfonamides is 1. The fraction of sp³-hybridized carbons (Fsp3) is 0.350. The third kappa shape index (κ3) is 3.41. The first-order valence-electron chi connectivity index (χ1n) is 8.88. The number of carbonyl (C=O) groups is 1. The van der Waals surface area contributed by atoms with Gasteiger partial charge in [-0.1, -0.05) is 25.1 Å². The van der Waals surface area contributed by atoms with Crippen LogP contribution in [0, 0.1) is 11.8 Å². The standard InChI is InChI=1S/C20H22N2O3S2/c1-14-18-12-22(19(23)9-8-17-7-4-10-26-17)13-20(14,18)15-5-3-6-16(11-15)21-27(2,24)25/h3-11,14,18,21H,12-13H2,1-2H3. The zero-order valence-electron chi connectivity index (χ0n) is 15.3. The van der Waals surface area contributed by atoms with E-state index in [4.69, 9.17) is 0 Å². The Balaban J connectivity index is 1.52. The van der Waals surface area contributed by atoms with Crippen LogP contribution >= 0.6 is 11.3 Å². The van der Waals surface area contributed by atoms with Crippen LogP contribution < -0.4 is 4.72 Å². The first-order chi connectivity index (χ1) is 12.8. The van der Waals surface area contributed by atoms with Crippen LogP contribution in [0.2, 0.25) is 0 Å². The Kier molecular flexibility index (Phi) is 4.39. The Bertz CT molecular complexity index is 998. The van der Waals surface area contributed by atoms with E-state index in [1.165, 1.54) is 0 Å². The van der Waals surface area contributed by atoms with E-state index in [0.717, 1.165) is 23.2 Å². The van der Waals surface area contributed by atoms with Gasteiger partial charge in [0.15, 0.2) is 0 Å². The van der Waals surface area contributed by atoms with Crippen molar-refractivity contribution >= 4 is 39.0 Å². The lowest BCUT2D eigenvalue weighted by molar-refractivity contribution is -0.125. The molecule has 0 bridgehead atoms. The van der Waals surface area contributed by atoms with Gasteiger partial charge < -0.3 is 4.90 Å². The minimum atomic E-state index is -3.31. The van der Waals surface area contributed by atoms with E-state index in [0.29, 0.717) is 24.1 Å². The van der Waals surface area contributed by atoms with E-state index in [9.17, 15) is 13.2 Å². The Hall–Kier alpha value is -2.12. The van der Waals surface area contributed by atoms with Gasteiger partial charge >= 0.3 is 0 Å². The van der Waals surface area contributed by atoms with Crippen LogP contribution in [0.25, 0.3) is 6.08 Å². The highest BCUT2D eigenvalue weighted by molar-refractivity contribution is 7.92. The van der Waals surface area contributed by atoms with E-state index >= 15 is 0 Å². The molecule has 2 fully saturated rings. The van der Waals surface area contributed by atoms with Crippen LogP contribution in [0.3, 0.4) is 0 Å². The van der Waals surface area contributed by atoms with Gasteiger partial charge in [0.25, 0.3) is 0 Å². The number of hydrogen-bond donors (Lipinski definition) is 1. The van der Waals surface area contributed by atoms with Crippen molar-refractivity contribution in [1.82, 2.24) is 4.90 Å². The largest absolute Gasteiger partial charge is 0.338 e. The molecule has 0 radical (unpaired) electrons. The normalized spacial score (nSPS) is 27.0. The number of likely N-dealkylation sites (tertiary alicyclic amines) is 1. The van der Waals surface area contributed by atoms with Crippen molar-refractivity contribution in [3.05, 3.63) is 58.3 Å². The first-order valence-corrected chi connectivity index (χ1v) is 11.7. The van der Waals surface area contributed by atoms with E-state index in [2.05, 4.69) is 11.6 Å². The summed E-state index contributed by atoms with van der Waals surface area (Å²) in [6.45, 7) is 3.64. The molecule has 1 N–H and O–H groups in total. The fourth-order valence-electron chi connectivity index (χ4n) is 4.39. The van der Waals surface area contributed by atoms with Gasteiger partial charge in [-0.05, 0) is 47.1 Å². The molecule has 0 spiro atoms. The number of anilines is 1. The molecule has 1 aromatic carbocycles. The van der Waals surface area contributed by atoms with Gasteiger partial charge in [0.2, 0.25) is 15.9 Å².